The minimum Gasteiger partial charge on any atom is -0.381 e. The van der Waals surface area contributed by atoms with Gasteiger partial charge in [0.2, 0.25) is 5.95 Å². The predicted molar refractivity (Wildman–Crippen MR) is 149 cm³/mol. The summed E-state index contributed by atoms with van der Waals surface area (Å²) >= 11 is 0. The number of hydrogen-bond donors (Lipinski definition) is 1. The van der Waals surface area contributed by atoms with E-state index in [0.29, 0.717) is 24.4 Å². The molecule has 2 N–H and O–H groups in total. The number of aromatic nitrogens is 6. The molecule has 0 radical (unpaired) electrons. The Balaban J connectivity index is 1.42. The van der Waals surface area contributed by atoms with E-state index in [2.05, 4.69) is 26.2 Å². The van der Waals surface area contributed by atoms with Gasteiger partial charge in [-0.1, -0.05) is 18.2 Å². The molecule has 12 heteroatoms. The van der Waals surface area contributed by atoms with Gasteiger partial charge in [-0.3, -0.25) is 9.67 Å². The molecule has 0 amide bonds. The molecule has 5 heterocycles. The van der Waals surface area contributed by atoms with Crippen molar-refractivity contribution < 1.29 is 17.9 Å². The van der Waals surface area contributed by atoms with Crippen LogP contribution in [-0.2, 0) is 10.9 Å². The first kappa shape index (κ1) is 26.8. The van der Waals surface area contributed by atoms with E-state index in [1.54, 1.807) is 10.7 Å². The van der Waals surface area contributed by atoms with E-state index >= 15 is 0 Å². The van der Waals surface area contributed by atoms with Crippen LogP contribution in [0.25, 0.3) is 27.9 Å². The number of fused-ring (bicyclic) bond motifs is 1. The van der Waals surface area contributed by atoms with Crippen molar-refractivity contribution >= 4 is 17.3 Å². The van der Waals surface area contributed by atoms with E-state index in [1.165, 1.54) is 12.3 Å². The fourth-order valence-electron chi connectivity index (χ4n) is 5.38. The van der Waals surface area contributed by atoms with Crippen molar-refractivity contribution in [1.29, 1.82) is 0 Å². The van der Waals surface area contributed by atoms with Crippen LogP contribution < -0.4 is 10.6 Å². The third-order valence-electron chi connectivity index (χ3n) is 7.47. The number of anilines is 2. The summed E-state index contributed by atoms with van der Waals surface area (Å²) in [7, 11) is 3.96. The molecular formula is C29H29F3N8O. The number of pyridine rings is 2. The summed E-state index contributed by atoms with van der Waals surface area (Å²) in [6, 6.07) is 12.4. The first-order valence-electron chi connectivity index (χ1n) is 13.3. The maximum atomic E-state index is 13.2. The number of alkyl halides is 3. The van der Waals surface area contributed by atoms with Gasteiger partial charge in [-0.15, -0.1) is 5.10 Å². The van der Waals surface area contributed by atoms with Gasteiger partial charge in [0.15, 0.2) is 5.65 Å². The molecule has 41 heavy (non-hydrogen) atoms. The lowest BCUT2D eigenvalue weighted by Crippen LogP contribution is -2.27. The molecule has 1 fully saturated rings. The average molecular weight is 563 g/mol. The second-order valence-electron chi connectivity index (χ2n) is 10.4. The third kappa shape index (κ3) is 5.34. The van der Waals surface area contributed by atoms with E-state index in [4.69, 9.17) is 10.5 Å². The van der Waals surface area contributed by atoms with Crippen molar-refractivity contribution in [1.82, 2.24) is 29.4 Å². The Morgan fingerprint density at radius 2 is 1.80 bits per heavy atom. The van der Waals surface area contributed by atoms with Crippen molar-refractivity contribution in [3.05, 3.63) is 78.5 Å². The van der Waals surface area contributed by atoms with Crippen molar-refractivity contribution in [2.45, 2.75) is 25.1 Å². The molecule has 1 aromatic carbocycles. The molecule has 1 unspecified atom stereocenters. The highest BCUT2D eigenvalue weighted by Gasteiger charge is 2.34. The number of ether oxygens (including phenoxy) is 1. The highest BCUT2D eigenvalue weighted by Crippen LogP contribution is 2.37. The van der Waals surface area contributed by atoms with E-state index < -0.39 is 11.9 Å². The van der Waals surface area contributed by atoms with E-state index in [0.717, 1.165) is 46.8 Å². The Hall–Kier alpha value is -4.45. The van der Waals surface area contributed by atoms with Crippen LogP contribution in [0.4, 0.5) is 24.8 Å². The molecule has 0 spiro atoms. The number of nitrogens with two attached hydrogens (primary N) is 1. The molecule has 1 aliphatic rings. The Morgan fingerprint density at radius 3 is 2.51 bits per heavy atom. The molecule has 0 bridgehead atoms. The fraction of sp³-hybridized carbons (Fsp3) is 0.310. The summed E-state index contributed by atoms with van der Waals surface area (Å²) in [5.74, 6) is 0.286. The number of nitrogens with zero attached hydrogens (tertiary/aromatic N) is 7. The first-order chi connectivity index (χ1) is 19.7. The number of rotatable bonds is 6. The van der Waals surface area contributed by atoms with Gasteiger partial charge in [0, 0.05) is 68.3 Å². The molecule has 1 saturated heterocycles. The van der Waals surface area contributed by atoms with E-state index in [1.807, 2.05) is 60.3 Å². The smallest absolute Gasteiger partial charge is 0.381 e. The van der Waals surface area contributed by atoms with Gasteiger partial charge >= 0.3 is 6.18 Å². The second-order valence-corrected chi connectivity index (χ2v) is 10.4. The van der Waals surface area contributed by atoms with Crippen LogP contribution in [-0.4, -0.2) is 56.7 Å². The van der Waals surface area contributed by atoms with Crippen molar-refractivity contribution in [2.24, 2.45) is 5.92 Å². The molecule has 1 atom stereocenters. The van der Waals surface area contributed by atoms with Crippen LogP contribution >= 0.6 is 0 Å². The zero-order valence-electron chi connectivity index (χ0n) is 22.6. The Labute approximate surface area is 234 Å². The predicted octanol–water partition coefficient (Wildman–Crippen LogP) is 5.34. The van der Waals surface area contributed by atoms with Gasteiger partial charge in [-0.25, -0.2) is 4.52 Å². The van der Waals surface area contributed by atoms with Gasteiger partial charge in [0.05, 0.1) is 12.2 Å². The molecular weight excluding hydrogens is 533 g/mol. The Kier molecular flexibility index (Phi) is 6.86. The molecule has 4 aromatic heterocycles. The summed E-state index contributed by atoms with van der Waals surface area (Å²) in [5, 5.41) is 9.06. The van der Waals surface area contributed by atoms with Crippen LogP contribution in [0.2, 0.25) is 0 Å². The topological polar surface area (TPSA) is 99.4 Å². The summed E-state index contributed by atoms with van der Waals surface area (Å²) < 4.78 is 48.6. The maximum Gasteiger partial charge on any atom is 0.433 e. The first-order valence-corrected chi connectivity index (χ1v) is 13.3. The normalized spacial score (nSPS) is 15.3. The van der Waals surface area contributed by atoms with E-state index in [-0.39, 0.29) is 17.9 Å². The van der Waals surface area contributed by atoms with Crippen LogP contribution in [0.3, 0.4) is 0 Å². The van der Waals surface area contributed by atoms with Gasteiger partial charge in [-0.05, 0) is 54.2 Å². The summed E-state index contributed by atoms with van der Waals surface area (Å²) in [4.78, 5) is 10.2. The van der Waals surface area contributed by atoms with Crippen LogP contribution in [0, 0.1) is 5.92 Å². The highest BCUT2D eigenvalue weighted by molar-refractivity contribution is 5.83. The number of halogens is 3. The van der Waals surface area contributed by atoms with Crippen molar-refractivity contribution in [3.8, 4) is 22.3 Å². The standard InChI is InChI=1S/C29H29F3N8O/c1-38(2)23-5-3-4-19(12-23)24-13-21(16-40-27(24)36-28(33)37-40)22-15-35-39(17-22)26(18-8-10-41-11-9-18)20-6-7-25(34-14-20)29(30,31)32/h3-7,12-18,26H,8-11H2,1-2H3,(H2,33,37). The third-order valence-corrected chi connectivity index (χ3v) is 7.47. The molecule has 9 nitrogen and oxygen atoms in total. The summed E-state index contributed by atoms with van der Waals surface area (Å²) in [5.41, 5.74) is 10.9. The number of benzene rings is 1. The largest absolute Gasteiger partial charge is 0.433 e. The number of nitrogen functional groups attached to an aromatic ring is 1. The average Bonchev–Trinajstić information content (AvgIpc) is 3.59. The maximum absolute atomic E-state index is 13.2. The zero-order valence-corrected chi connectivity index (χ0v) is 22.6. The number of hydrogen-bond acceptors (Lipinski definition) is 7. The lowest BCUT2D eigenvalue weighted by Gasteiger charge is -2.30. The lowest BCUT2D eigenvalue weighted by molar-refractivity contribution is -0.141. The summed E-state index contributed by atoms with van der Waals surface area (Å²) in [6.45, 7) is 1.17. The van der Waals surface area contributed by atoms with Crippen LogP contribution in [0.5, 0.6) is 0 Å². The van der Waals surface area contributed by atoms with Gasteiger partial charge in [0.1, 0.15) is 5.69 Å². The quantitative estimate of drug-likeness (QED) is 0.298. The SMILES string of the molecule is CN(C)c1cccc(-c2cc(-c3cnn(C(c4ccc(C(F)(F)F)nc4)C4CCOCC4)c3)cn3nc(N)nc23)c1. The van der Waals surface area contributed by atoms with E-state index in [9.17, 15) is 13.2 Å². The monoisotopic (exact) mass is 562 g/mol. The summed E-state index contributed by atoms with van der Waals surface area (Å²) in [6.07, 6.45) is 3.85. The molecule has 0 aliphatic carbocycles. The molecule has 0 saturated carbocycles. The van der Waals surface area contributed by atoms with Gasteiger partial charge in [0.25, 0.3) is 0 Å². The molecule has 212 valence electrons. The Morgan fingerprint density at radius 1 is 1.00 bits per heavy atom. The van der Waals surface area contributed by atoms with Gasteiger partial charge < -0.3 is 15.4 Å². The Bertz CT molecular complexity index is 1670. The van der Waals surface area contributed by atoms with Crippen LogP contribution in [0.1, 0.15) is 30.1 Å². The second kappa shape index (κ2) is 10.5. The zero-order chi connectivity index (χ0) is 28.7. The minimum absolute atomic E-state index is 0.122. The van der Waals surface area contributed by atoms with Crippen LogP contribution in [0.15, 0.2) is 67.3 Å². The van der Waals surface area contributed by atoms with Gasteiger partial charge in [-0.2, -0.15) is 23.3 Å². The molecule has 1 aliphatic heterocycles. The van der Waals surface area contributed by atoms with Crippen molar-refractivity contribution in [2.75, 3.05) is 37.9 Å². The molecule has 5 aromatic rings. The fourth-order valence-corrected chi connectivity index (χ4v) is 5.38. The highest BCUT2D eigenvalue weighted by atomic mass is 19.4. The minimum atomic E-state index is -4.50. The molecule has 6 rings (SSSR count). The van der Waals surface area contributed by atoms with Crippen molar-refractivity contribution in [3.63, 3.8) is 0 Å². The lowest BCUT2D eigenvalue weighted by atomic mass is 9.87.